The van der Waals surface area contributed by atoms with E-state index in [1.165, 1.54) is 18.2 Å². The Morgan fingerprint density at radius 2 is 1.83 bits per heavy atom. The van der Waals surface area contributed by atoms with Crippen molar-refractivity contribution in [3.63, 3.8) is 0 Å². The largest absolute Gasteiger partial charge is 0.339 e. The molecule has 1 aliphatic heterocycles. The van der Waals surface area contributed by atoms with Gasteiger partial charge in [-0.1, -0.05) is 11.6 Å². The minimum absolute atomic E-state index is 0.00626. The number of nitrogens with two attached hydrogens (primary N) is 1. The van der Waals surface area contributed by atoms with E-state index >= 15 is 0 Å². The van der Waals surface area contributed by atoms with Crippen molar-refractivity contribution in [1.82, 2.24) is 9.58 Å². The third-order valence-electron chi connectivity index (χ3n) is 5.69. The lowest BCUT2D eigenvalue weighted by atomic mass is 9.88. The third kappa shape index (κ3) is 3.59. The quantitative estimate of drug-likeness (QED) is 0.303. The number of carbonyl (C=O) groups is 1. The Labute approximate surface area is 172 Å². The normalized spacial score (nSPS) is 15.7. The summed E-state index contributed by atoms with van der Waals surface area (Å²) in [5.41, 5.74) is 2.42. The van der Waals surface area contributed by atoms with E-state index < -0.39 is 4.92 Å². The van der Waals surface area contributed by atoms with Gasteiger partial charge in [0.25, 0.3) is 5.69 Å². The van der Waals surface area contributed by atoms with E-state index in [0.29, 0.717) is 11.5 Å². The predicted molar refractivity (Wildman–Crippen MR) is 113 cm³/mol. The van der Waals surface area contributed by atoms with Gasteiger partial charge in [-0.3, -0.25) is 19.6 Å². The van der Waals surface area contributed by atoms with Crippen LogP contribution in [0.5, 0.6) is 0 Å². The van der Waals surface area contributed by atoms with Gasteiger partial charge >= 0.3 is 0 Å². The molecule has 0 amide bonds. The number of piperidine rings is 1. The summed E-state index contributed by atoms with van der Waals surface area (Å²) in [6, 6.07) is 9.48. The van der Waals surface area contributed by atoms with E-state index in [4.69, 9.17) is 17.4 Å². The number of rotatable bonds is 4. The van der Waals surface area contributed by atoms with Gasteiger partial charge in [0.2, 0.25) is 0 Å². The molecule has 0 unspecified atom stereocenters. The summed E-state index contributed by atoms with van der Waals surface area (Å²) in [5, 5.41) is 12.1. The highest BCUT2D eigenvalue weighted by atomic mass is 35.5. The van der Waals surface area contributed by atoms with E-state index in [1.54, 1.807) is 10.7 Å². The molecule has 1 aromatic heterocycles. The maximum absolute atomic E-state index is 13.0. The minimum Gasteiger partial charge on any atom is -0.339 e. The van der Waals surface area contributed by atoms with Crippen LogP contribution in [0.2, 0.25) is 5.02 Å². The van der Waals surface area contributed by atoms with Crippen LogP contribution in [0.15, 0.2) is 42.6 Å². The molecule has 3 aromatic rings. The van der Waals surface area contributed by atoms with Crippen molar-refractivity contribution in [2.24, 2.45) is 0 Å². The summed E-state index contributed by atoms with van der Waals surface area (Å²) in [6.07, 6.45) is 4.02. The summed E-state index contributed by atoms with van der Waals surface area (Å²) in [7, 11) is 2.12. The first-order valence-electron chi connectivity index (χ1n) is 9.42. The zero-order valence-electron chi connectivity index (χ0n) is 16.0. The van der Waals surface area contributed by atoms with Gasteiger partial charge in [-0.15, -0.1) is 0 Å². The number of nitrogen functional groups attached to an aromatic ring is 1. The maximum atomic E-state index is 13.0. The van der Waals surface area contributed by atoms with Crippen molar-refractivity contribution < 1.29 is 9.72 Å². The first-order chi connectivity index (χ1) is 13.8. The Morgan fingerprint density at radius 1 is 1.17 bits per heavy atom. The van der Waals surface area contributed by atoms with E-state index in [9.17, 15) is 14.9 Å². The molecule has 0 aliphatic carbocycles. The molecule has 150 valence electrons. The molecule has 0 spiro atoms. The fourth-order valence-corrected chi connectivity index (χ4v) is 4.21. The molecular formula is C21H21ClN4O3. The number of carbonyl (C=O) groups excluding carboxylic acids is 1. The van der Waals surface area contributed by atoms with Crippen LogP contribution < -0.4 is 5.84 Å². The van der Waals surface area contributed by atoms with Crippen LogP contribution in [0.25, 0.3) is 10.9 Å². The third-order valence-corrected chi connectivity index (χ3v) is 6.01. The molecule has 0 atom stereocenters. The number of nitro benzene ring substituents is 1. The number of nitrogens with zero attached hydrogens (tertiary/aromatic N) is 3. The lowest BCUT2D eigenvalue weighted by Crippen LogP contribution is -2.29. The van der Waals surface area contributed by atoms with Crippen LogP contribution in [0, 0.1) is 10.1 Å². The Balaban J connectivity index is 1.73. The van der Waals surface area contributed by atoms with E-state index in [2.05, 4.69) is 11.9 Å². The van der Waals surface area contributed by atoms with Gasteiger partial charge in [0.05, 0.1) is 10.4 Å². The van der Waals surface area contributed by atoms with E-state index in [-0.39, 0.29) is 22.1 Å². The van der Waals surface area contributed by atoms with E-state index in [1.807, 2.05) is 18.3 Å². The Hall–Kier alpha value is -2.90. The van der Waals surface area contributed by atoms with Gasteiger partial charge in [-0.05, 0) is 74.8 Å². The van der Waals surface area contributed by atoms with Gasteiger partial charge < -0.3 is 10.7 Å². The fraction of sp³-hybridized carbons (Fsp3) is 0.286. The molecule has 2 heterocycles. The predicted octanol–water partition coefficient (Wildman–Crippen LogP) is 3.96. The van der Waals surface area contributed by atoms with Gasteiger partial charge in [0.1, 0.15) is 5.02 Å². The van der Waals surface area contributed by atoms with Crippen molar-refractivity contribution in [3.05, 3.63) is 74.4 Å². The first-order valence-corrected chi connectivity index (χ1v) is 9.80. The molecule has 2 aromatic carbocycles. The number of hydrogen-bond acceptors (Lipinski definition) is 5. The highest BCUT2D eigenvalue weighted by Crippen LogP contribution is 2.34. The summed E-state index contributed by atoms with van der Waals surface area (Å²) >= 11 is 5.87. The smallest absolute Gasteiger partial charge is 0.288 e. The second kappa shape index (κ2) is 7.50. The number of halogens is 1. The Bertz CT molecular complexity index is 1120. The number of benzene rings is 2. The molecule has 0 saturated carbocycles. The number of likely N-dealkylation sites (tertiary alicyclic amines) is 1. The molecule has 1 fully saturated rings. The maximum Gasteiger partial charge on any atom is 0.288 e. The molecule has 8 heteroatoms. The number of aromatic nitrogens is 1. The molecule has 1 saturated heterocycles. The van der Waals surface area contributed by atoms with Crippen LogP contribution in [-0.2, 0) is 0 Å². The molecule has 4 rings (SSSR count). The summed E-state index contributed by atoms with van der Waals surface area (Å²) in [4.78, 5) is 25.9. The van der Waals surface area contributed by atoms with Crippen molar-refractivity contribution in [3.8, 4) is 0 Å². The van der Waals surface area contributed by atoms with Gasteiger partial charge in [-0.25, -0.2) is 0 Å². The van der Waals surface area contributed by atoms with Crippen molar-refractivity contribution in [2.75, 3.05) is 26.0 Å². The summed E-state index contributed by atoms with van der Waals surface area (Å²) < 4.78 is 1.60. The fourth-order valence-electron chi connectivity index (χ4n) is 4.03. The van der Waals surface area contributed by atoms with Crippen LogP contribution in [0.4, 0.5) is 5.69 Å². The first kappa shape index (κ1) is 19.4. The number of hydrogen-bond donors (Lipinski definition) is 1. The second-order valence-electron chi connectivity index (χ2n) is 7.55. The standard InChI is InChI=1S/C21H21ClN4O3/c1-24-8-6-13(7-9-24)17-12-25(23)19-5-3-14(10-16(17)19)21(27)15-2-4-18(22)20(11-15)26(28)29/h2-5,10-13H,6-9,23H2,1H3. The zero-order valence-corrected chi connectivity index (χ0v) is 16.7. The molecule has 29 heavy (non-hydrogen) atoms. The van der Waals surface area contributed by atoms with Crippen molar-refractivity contribution in [1.29, 1.82) is 0 Å². The van der Waals surface area contributed by atoms with Crippen LogP contribution >= 0.6 is 11.6 Å². The van der Waals surface area contributed by atoms with Gasteiger partial charge in [0.15, 0.2) is 5.78 Å². The monoisotopic (exact) mass is 412 g/mol. The molecule has 0 bridgehead atoms. The highest BCUT2D eigenvalue weighted by molar-refractivity contribution is 6.32. The SMILES string of the molecule is CN1CCC(c2cn(N)c3ccc(C(=O)c4ccc(Cl)c([N+](=O)[O-])c4)cc23)CC1. The minimum atomic E-state index is -0.588. The summed E-state index contributed by atoms with van der Waals surface area (Å²) in [5.74, 6) is 6.25. The topological polar surface area (TPSA) is 94.4 Å². The number of nitro groups is 1. The highest BCUT2D eigenvalue weighted by Gasteiger charge is 2.23. The molecular weight excluding hydrogens is 392 g/mol. The Kier molecular flexibility index (Phi) is 5.02. The molecule has 7 nitrogen and oxygen atoms in total. The molecule has 1 aliphatic rings. The summed E-state index contributed by atoms with van der Waals surface area (Å²) in [6.45, 7) is 2.05. The Morgan fingerprint density at radius 3 is 2.52 bits per heavy atom. The van der Waals surface area contributed by atoms with Gasteiger partial charge in [0, 0.05) is 28.8 Å². The zero-order chi connectivity index (χ0) is 20.7. The van der Waals surface area contributed by atoms with Crippen molar-refractivity contribution in [2.45, 2.75) is 18.8 Å². The molecule has 0 radical (unpaired) electrons. The average molecular weight is 413 g/mol. The van der Waals surface area contributed by atoms with Crippen molar-refractivity contribution >= 4 is 34.0 Å². The van der Waals surface area contributed by atoms with Gasteiger partial charge in [-0.2, -0.15) is 0 Å². The van der Waals surface area contributed by atoms with E-state index in [0.717, 1.165) is 42.4 Å². The van der Waals surface area contributed by atoms with Crippen LogP contribution in [0.3, 0.4) is 0 Å². The average Bonchev–Trinajstić information content (AvgIpc) is 3.04. The van der Waals surface area contributed by atoms with Crippen LogP contribution in [-0.4, -0.2) is 40.4 Å². The second-order valence-corrected chi connectivity index (χ2v) is 7.96. The number of ketones is 1. The lowest BCUT2D eigenvalue weighted by molar-refractivity contribution is -0.384. The molecule has 2 N–H and O–H groups in total. The van der Waals surface area contributed by atoms with Crippen LogP contribution in [0.1, 0.15) is 40.2 Å². The number of fused-ring (bicyclic) bond motifs is 1. The lowest BCUT2D eigenvalue weighted by Gasteiger charge is -2.28.